The Morgan fingerprint density at radius 3 is 3.25 bits per heavy atom. The topological polar surface area (TPSA) is 56.2 Å². The van der Waals surface area contributed by atoms with E-state index in [0.29, 0.717) is 12.5 Å². The van der Waals surface area contributed by atoms with Crippen LogP contribution in [0, 0.1) is 0 Å². The van der Waals surface area contributed by atoms with E-state index >= 15 is 0 Å². The third-order valence-corrected chi connectivity index (χ3v) is 4.11. The van der Waals surface area contributed by atoms with Gasteiger partial charge in [0.15, 0.2) is 11.5 Å². The smallest absolute Gasteiger partial charge is 0.155 e. The van der Waals surface area contributed by atoms with E-state index in [1.165, 1.54) is 12.2 Å². The molecule has 84 valence electrons. The van der Waals surface area contributed by atoms with Gasteiger partial charge in [-0.1, -0.05) is 0 Å². The highest BCUT2D eigenvalue weighted by Crippen LogP contribution is 2.30. The van der Waals surface area contributed by atoms with Crippen molar-refractivity contribution >= 4 is 17.4 Å². The molecular formula is C11H14N4S. The summed E-state index contributed by atoms with van der Waals surface area (Å²) >= 11 is 1.99. The summed E-state index contributed by atoms with van der Waals surface area (Å²) in [5, 5.41) is 4.52. The van der Waals surface area contributed by atoms with Crippen molar-refractivity contribution in [2.24, 2.45) is 5.73 Å². The number of pyridine rings is 1. The van der Waals surface area contributed by atoms with Crippen LogP contribution in [0.3, 0.4) is 0 Å². The second kappa shape index (κ2) is 4.07. The minimum Gasteiger partial charge on any atom is -0.326 e. The van der Waals surface area contributed by atoms with Crippen molar-refractivity contribution in [2.75, 3.05) is 11.5 Å². The molecule has 0 aromatic carbocycles. The Bertz CT molecular complexity index is 502. The first-order valence-corrected chi connectivity index (χ1v) is 6.65. The number of thioether (sulfide) groups is 1. The SMILES string of the molecule is NCc1ccn2nc(C3CCSC3)nc2c1. The Kier molecular flexibility index (Phi) is 2.57. The molecule has 16 heavy (non-hydrogen) atoms. The van der Waals surface area contributed by atoms with Crippen LogP contribution in [0.5, 0.6) is 0 Å². The molecule has 0 spiro atoms. The van der Waals surface area contributed by atoms with Crippen molar-refractivity contribution in [3.05, 3.63) is 29.7 Å². The summed E-state index contributed by atoms with van der Waals surface area (Å²) in [7, 11) is 0. The van der Waals surface area contributed by atoms with E-state index in [0.717, 1.165) is 22.8 Å². The number of rotatable bonds is 2. The van der Waals surface area contributed by atoms with Crippen molar-refractivity contribution < 1.29 is 0 Å². The van der Waals surface area contributed by atoms with Gasteiger partial charge in [-0.05, 0) is 29.9 Å². The predicted octanol–water partition coefficient (Wildman–Crippen LogP) is 1.41. The zero-order valence-corrected chi connectivity index (χ0v) is 9.78. The van der Waals surface area contributed by atoms with Crippen molar-refractivity contribution in [3.8, 4) is 0 Å². The molecule has 0 bridgehead atoms. The van der Waals surface area contributed by atoms with Gasteiger partial charge in [0.05, 0.1) is 0 Å². The molecule has 2 N–H and O–H groups in total. The van der Waals surface area contributed by atoms with Crippen LogP contribution in [0.4, 0.5) is 0 Å². The first kappa shape index (κ1) is 10.1. The molecule has 0 radical (unpaired) electrons. The van der Waals surface area contributed by atoms with E-state index in [9.17, 15) is 0 Å². The summed E-state index contributed by atoms with van der Waals surface area (Å²) in [6, 6.07) is 4.01. The fourth-order valence-electron chi connectivity index (χ4n) is 1.98. The lowest BCUT2D eigenvalue weighted by Crippen LogP contribution is -1.99. The van der Waals surface area contributed by atoms with Crippen LogP contribution in [0.25, 0.3) is 5.65 Å². The van der Waals surface area contributed by atoms with Gasteiger partial charge in [-0.3, -0.25) is 0 Å². The number of hydrogen-bond donors (Lipinski definition) is 1. The standard InChI is InChI=1S/C11H14N4S/c12-6-8-1-3-15-10(5-8)13-11(14-15)9-2-4-16-7-9/h1,3,5,9H,2,4,6-7,12H2. The van der Waals surface area contributed by atoms with Crippen LogP contribution >= 0.6 is 11.8 Å². The van der Waals surface area contributed by atoms with Gasteiger partial charge in [-0.25, -0.2) is 9.50 Å². The maximum atomic E-state index is 5.61. The first-order chi connectivity index (χ1) is 7.86. The Morgan fingerprint density at radius 2 is 2.50 bits per heavy atom. The highest BCUT2D eigenvalue weighted by molar-refractivity contribution is 7.99. The molecule has 4 nitrogen and oxygen atoms in total. The maximum absolute atomic E-state index is 5.61. The minimum absolute atomic E-state index is 0.534. The van der Waals surface area contributed by atoms with Crippen LogP contribution in [0.15, 0.2) is 18.3 Å². The van der Waals surface area contributed by atoms with E-state index in [-0.39, 0.29) is 0 Å². The number of hydrogen-bond acceptors (Lipinski definition) is 4. The maximum Gasteiger partial charge on any atom is 0.155 e. The fourth-order valence-corrected chi connectivity index (χ4v) is 3.20. The summed E-state index contributed by atoms with van der Waals surface area (Å²) < 4.78 is 1.84. The van der Waals surface area contributed by atoms with Crippen LogP contribution in [0.2, 0.25) is 0 Å². The predicted molar refractivity (Wildman–Crippen MR) is 65.6 cm³/mol. The lowest BCUT2D eigenvalue weighted by Gasteiger charge is -1.99. The molecule has 1 aliphatic rings. The Morgan fingerprint density at radius 1 is 1.56 bits per heavy atom. The molecule has 5 heteroatoms. The van der Waals surface area contributed by atoms with Gasteiger partial charge in [0.25, 0.3) is 0 Å². The van der Waals surface area contributed by atoms with Gasteiger partial charge >= 0.3 is 0 Å². The van der Waals surface area contributed by atoms with Crippen molar-refractivity contribution in [3.63, 3.8) is 0 Å². The fraction of sp³-hybridized carbons (Fsp3) is 0.455. The molecule has 0 aliphatic carbocycles. The zero-order chi connectivity index (χ0) is 11.0. The lowest BCUT2D eigenvalue weighted by molar-refractivity contribution is 0.712. The van der Waals surface area contributed by atoms with Crippen LogP contribution in [-0.2, 0) is 6.54 Å². The molecule has 1 unspecified atom stereocenters. The third kappa shape index (κ3) is 1.70. The molecule has 1 saturated heterocycles. The van der Waals surface area contributed by atoms with Gasteiger partial charge < -0.3 is 5.73 Å². The lowest BCUT2D eigenvalue weighted by atomic mass is 10.1. The van der Waals surface area contributed by atoms with Gasteiger partial charge in [0, 0.05) is 24.4 Å². The molecule has 1 fully saturated rings. The molecule has 0 saturated carbocycles. The monoisotopic (exact) mass is 234 g/mol. The van der Waals surface area contributed by atoms with Crippen LogP contribution in [-0.4, -0.2) is 26.1 Å². The summed E-state index contributed by atoms with van der Waals surface area (Å²) in [6.45, 7) is 0.554. The summed E-state index contributed by atoms with van der Waals surface area (Å²) in [5.41, 5.74) is 7.62. The molecule has 2 aromatic heterocycles. The second-order valence-electron chi connectivity index (χ2n) is 4.07. The summed E-state index contributed by atoms with van der Waals surface area (Å²) in [5.74, 6) is 3.90. The van der Waals surface area contributed by atoms with Gasteiger partial charge in [-0.2, -0.15) is 16.9 Å². The van der Waals surface area contributed by atoms with E-state index in [4.69, 9.17) is 5.73 Å². The van der Waals surface area contributed by atoms with Crippen LogP contribution in [0.1, 0.15) is 23.7 Å². The normalized spacial score (nSPS) is 20.7. The van der Waals surface area contributed by atoms with Crippen molar-refractivity contribution in [1.29, 1.82) is 0 Å². The Labute approximate surface area is 98.2 Å². The summed E-state index contributed by atoms with van der Waals surface area (Å²) in [6.07, 6.45) is 3.14. The Balaban J connectivity index is 2.01. The molecule has 3 heterocycles. The second-order valence-corrected chi connectivity index (χ2v) is 5.22. The van der Waals surface area contributed by atoms with E-state index in [2.05, 4.69) is 10.1 Å². The first-order valence-electron chi connectivity index (χ1n) is 5.50. The molecule has 0 amide bonds. The number of fused-ring (bicyclic) bond motifs is 1. The molecule has 1 aliphatic heterocycles. The number of nitrogens with zero attached hydrogens (tertiary/aromatic N) is 3. The molecule has 3 rings (SSSR count). The average Bonchev–Trinajstić information content (AvgIpc) is 2.96. The van der Waals surface area contributed by atoms with Gasteiger partial charge in [-0.15, -0.1) is 0 Å². The minimum atomic E-state index is 0.534. The highest BCUT2D eigenvalue weighted by atomic mass is 32.2. The van der Waals surface area contributed by atoms with Crippen molar-refractivity contribution in [1.82, 2.24) is 14.6 Å². The quantitative estimate of drug-likeness (QED) is 0.853. The van der Waals surface area contributed by atoms with Gasteiger partial charge in [0.2, 0.25) is 0 Å². The average molecular weight is 234 g/mol. The molecule has 2 aromatic rings. The van der Waals surface area contributed by atoms with Gasteiger partial charge in [0.1, 0.15) is 0 Å². The third-order valence-electron chi connectivity index (χ3n) is 2.95. The molecule has 1 atom stereocenters. The van der Waals surface area contributed by atoms with E-state index in [1.54, 1.807) is 0 Å². The van der Waals surface area contributed by atoms with Crippen molar-refractivity contribution in [2.45, 2.75) is 18.9 Å². The Hall–Kier alpha value is -1.07. The van der Waals surface area contributed by atoms with E-state index in [1.807, 2.05) is 34.6 Å². The summed E-state index contributed by atoms with van der Waals surface area (Å²) in [4.78, 5) is 4.59. The van der Waals surface area contributed by atoms with E-state index < -0.39 is 0 Å². The van der Waals surface area contributed by atoms with Crippen LogP contribution < -0.4 is 5.73 Å². The molecular weight excluding hydrogens is 220 g/mol. The number of aromatic nitrogens is 3. The highest BCUT2D eigenvalue weighted by Gasteiger charge is 2.21. The largest absolute Gasteiger partial charge is 0.326 e. The number of nitrogens with two attached hydrogens (primary N) is 1. The zero-order valence-electron chi connectivity index (χ0n) is 8.97.